The molecule has 27 nitrogen and oxygen atoms in total. The summed E-state index contributed by atoms with van der Waals surface area (Å²) < 4.78 is 0. The van der Waals surface area contributed by atoms with Crippen molar-refractivity contribution in [1.82, 2.24) is 37.2 Å². The maximum atomic E-state index is 13.7. The van der Waals surface area contributed by atoms with Crippen molar-refractivity contribution in [2.75, 3.05) is 57.2 Å². The van der Waals surface area contributed by atoms with Crippen LogP contribution < -0.4 is 77.4 Å². The number of nitrogens with two attached hydrogens (primary N) is 7. The number of thiol groups is 1. The summed E-state index contributed by atoms with van der Waals surface area (Å²) in [5.41, 5.74) is 38.7. The molecule has 0 aliphatic rings. The lowest BCUT2D eigenvalue weighted by Gasteiger charge is -2.27. The molecular formula is C38H74N16O11S2. The highest BCUT2D eigenvalue weighted by atomic mass is 32.2. The number of nitrogens with one attached hydrogen (secondary N) is 7. The first-order chi connectivity index (χ1) is 31.8. The Kier molecular flexibility index (Phi) is 33.1. The molecule has 0 heterocycles. The molecule has 8 atom stereocenters. The van der Waals surface area contributed by atoms with E-state index < -0.39 is 109 Å². The third kappa shape index (κ3) is 26.7. The number of thioether (sulfide) groups is 1. The molecule has 0 aromatic rings. The lowest BCUT2D eigenvalue weighted by Crippen LogP contribution is -2.61. The summed E-state index contributed by atoms with van der Waals surface area (Å²) >= 11 is 5.48. The highest BCUT2D eigenvalue weighted by Gasteiger charge is 2.34. The van der Waals surface area contributed by atoms with Crippen molar-refractivity contribution in [2.45, 2.75) is 119 Å². The van der Waals surface area contributed by atoms with E-state index in [9.17, 15) is 53.7 Å². The normalized spacial score (nSPS) is 14.5. The summed E-state index contributed by atoms with van der Waals surface area (Å²) in [5.74, 6) is -7.87. The molecular weight excluding hydrogens is 921 g/mol. The summed E-state index contributed by atoms with van der Waals surface area (Å²) in [7, 11) is 0. The molecule has 0 aromatic heterocycles. The van der Waals surface area contributed by atoms with Crippen LogP contribution in [0.3, 0.4) is 0 Å². The number of aliphatic imine (C=N–C) groups is 2. The van der Waals surface area contributed by atoms with Gasteiger partial charge >= 0.3 is 5.97 Å². The fourth-order valence-electron chi connectivity index (χ4n) is 5.93. The number of unbranched alkanes of at least 4 members (excludes halogenated alkanes) is 2. The van der Waals surface area contributed by atoms with Crippen molar-refractivity contribution in [2.24, 2.45) is 50.1 Å². The first kappa shape index (κ1) is 61.8. The molecule has 0 aromatic carbocycles. The molecule has 0 saturated carbocycles. The lowest BCUT2D eigenvalue weighted by molar-refractivity contribution is -0.142. The van der Waals surface area contributed by atoms with Crippen LogP contribution in [-0.2, 0) is 38.4 Å². The first-order valence-electron chi connectivity index (χ1n) is 21.7. The van der Waals surface area contributed by atoms with Gasteiger partial charge in [-0.3, -0.25) is 43.5 Å². The van der Waals surface area contributed by atoms with Crippen LogP contribution in [0.4, 0.5) is 0 Å². The van der Waals surface area contributed by atoms with Crippen LogP contribution in [0, 0.1) is 0 Å². The number of rotatable bonds is 37. The van der Waals surface area contributed by atoms with E-state index in [1.54, 1.807) is 6.26 Å². The van der Waals surface area contributed by atoms with Crippen molar-refractivity contribution >= 4 is 83.6 Å². The van der Waals surface area contributed by atoms with Crippen molar-refractivity contribution < 1.29 is 53.7 Å². The predicted octanol–water partition coefficient (Wildman–Crippen LogP) is -7.18. The summed E-state index contributed by atoms with van der Waals surface area (Å²) in [6, 6.07) is -10.9. The van der Waals surface area contributed by atoms with Crippen LogP contribution >= 0.6 is 24.4 Å². The molecule has 0 rings (SSSR count). The average Bonchev–Trinajstić information content (AvgIpc) is 3.28. The predicted molar refractivity (Wildman–Crippen MR) is 256 cm³/mol. The Morgan fingerprint density at radius 1 is 0.507 bits per heavy atom. The van der Waals surface area contributed by atoms with E-state index in [4.69, 9.17) is 40.1 Å². The van der Waals surface area contributed by atoms with E-state index in [-0.39, 0.29) is 75.8 Å². The quantitative estimate of drug-likeness (QED) is 0.0119. The van der Waals surface area contributed by atoms with Crippen LogP contribution in [0.2, 0.25) is 0 Å². The third-order valence-electron chi connectivity index (χ3n) is 9.71. The minimum Gasteiger partial charge on any atom is -0.480 e. The van der Waals surface area contributed by atoms with E-state index in [0.717, 1.165) is 0 Å². The Morgan fingerprint density at radius 3 is 1.25 bits per heavy atom. The number of carbonyl (C=O) groups is 8. The highest BCUT2D eigenvalue weighted by Crippen LogP contribution is 2.08. The third-order valence-corrected chi connectivity index (χ3v) is 10.7. The van der Waals surface area contributed by atoms with E-state index in [1.807, 2.05) is 0 Å². The molecule has 0 bridgehead atoms. The standard InChI is InChI=1S/C38H74N16O11S2/c1-67-17-12-24(32(60)53-26(18-55)33(61)51-25(36(64)65)10-3-5-14-40)50-35(63)28(20-66)54-34(62)27(19-56)52-31(59)22(9-2-4-13-39)49-30(58)23(11-7-16-47-38(44)45)48-29(57)21(41)8-6-15-46-37(42)43/h21-28,55-56,66H,2-20,39-41H2,1H3,(H,48,57)(H,49,58)(H,50,63)(H,51,61)(H,52,59)(H,53,60)(H,54,62)(H,64,65)(H4,42,43,46)(H4,44,45,47)/t21-,22-,23-,24-,25-,26-,27-,28-/m0/s1. The van der Waals surface area contributed by atoms with Gasteiger partial charge in [0.25, 0.3) is 0 Å². The smallest absolute Gasteiger partial charge is 0.326 e. The average molecular weight is 995 g/mol. The van der Waals surface area contributed by atoms with Gasteiger partial charge in [0.05, 0.1) is 19.3 Å². The zero-order valence-electron chi connectivity index (χ0n) is 38.0. The Bertz CT molecular complexity index is 1630. The van der Waals surface area contributed by atoms with Gasteiger partial charge in [-0.05, 0) is 95.7 Å². The number of hydrogen-bond donors (Lipinski definition) is 18. The number of aliphatic hydroxyl groups is 2. The molecule has 24 N–H and O–H groups in total. The molecule has 29 heteroatoms. The van der Waals surface area contributed by atoms with E-state index in [2.05, 4.69) is 59.8 Å². The topological polar surface area (TPSA) is 488 Å². The second-order valence-electron chi connectivity index (χ2n) is 15.2. The maximum absolute atomic E-state index is 13.7. The number of aliphatic carboxylic acids is 1. The summed E-state index contributed by atoms with van der Waals surface area (Å²) in [5, 5.41) is 46.7. The molecule has 0 aliphatic carbocycles. The van der Waals surface area contributed by atoms with Crippen LogP contribution in [0.1, 0.15) is 70.6 Å². The number of aliphatic hydroxyl groups excluding tert-OH is 2. The molecule has 384 valence electrons. The monoisotopic (exact) mass is 995 g/mol. The lowest BCUT2D eigenvalue weighted by atomic mass is 10.0. The van der Waals surface area contributed by atoms with Crippen LogP contribution in [0.25, 0.3) is 0 Å². The number of carbonyl (C=O) groups excluding carboxylic acids is 7. The van der Waals surface area contributed by atoms with Gasteiger partial charge in [0.15, 0.2) is 11.9 Å². The molecule has 0 fully saturated rings. The minimum atomic E-state index is -1.67. The largest absolute Gasteiger partial charge is 0.480 e. The molecule has 67 heavy (non-hydrogen) atoms. The zero-order chi connectivity index (χ0) is 50.9. The van der Waals surface area contributed by atoms with Crippen molar-refractivity contribution in [3.05, 3.63) is 0 Å². The van der Waals surface area contributed by atoms with Crippen LogP contribution in [-0.4, -0.2) is 180 Å². The van der Waals surface area contributed by atoms with E-state index in [1.165, 1.54) is 11.8 Å². The maximum Gasteiger partial charge on any atom is 0.326 e. The Balaban J connectivity index is 6.09. The van der Waals surface area contributed by atoms with Gasteiger partial charge in [0.1, 0.15) is 42.3 Å². The fraction of sp³-hybridized carbons (Fsp3) is 0.737. The van der Waals surface area contributed by atoms with Gasteiger partial charge in [0.2, 0.25) is 41.4 Å². The van der Waals surface area contributed by atoms with Gasteiger partial charge in [-0.1, -0.05) is 0 Å². The minimum absolute atomic E-state index is 0.0153. The number of carboxylic acids is 1. The van der Waals surface area contributed by atoms with Gasteiger partial charge in [-0.15, -0.1) is 0 Å². The van der Waals surface area contributed by atoms with Crippen molar-refractivity contribution in [1.29, 1.82) is 0 Å². The van der Waals surface area contributed by atoms with Crippen LogP contribution in [0.15, 0.2) is 9.98 Å². The Morgan fingerprint density at radius 2 is 0.851 bits per heavy atom. The number of carboxylic acid groups (broad SMARTS) is 1. The number of amides is 7. The highest BCUT2D eigenvalue weighted by molar-refractivity contribution is 7.98. The number of guanidine groups is 2. The van der Waals surface area contributed by atoms with Crippen molar-refractivity contribution in [3.8, 4) is 0 Å². The second kappa shape index (κ2) is 35.9. The molecule has 0 aliphatic heterocycles. The zero-order valence-corrected chi connectivity index (χ0v) is 39.7. The Hall–Kier alpha value is -5.20. The molecule has 7 amide bonds. The molecule has 0 spiro atoms. The molecule has 0 radical (unpaired) electrons. The summed E-state index contributed by atoms with van der Waals surface area (Å²) in [6.45, 7) is -0.995. The van der Waals surface area contributed by atoms with Gasteiger partial charge in [-0.25, -0.2) is 4.79 Å². The first-order valence-corrected chi connectivity index (χ1v) is 23.8. The Labute approximate surface area is 399 Å². The number of nitrogens with zero attached hydrogens (tertiary/aromatic N) is 2. The SMILES string of the molecule is CSCC[C@H](NC(=O)[C@H](CS)NC(=O)[C@H](CO)NC(=O)[C@H](CCCCN)NC(=O)[C@H](CCCN=C(N)N)NC(=O)[C@@H](N)CCCN=C(N)N)C(=O)N[C@@H](CO)C(=O)N[C@@H](CCCCN)C(=O)O. The van der Waals surface area contributed by atoms with Gasteiger partial charge < -0.3 is 92.7 Å². The molecule has 0 saturated heterocycles. The van der Waals surface area contributed by atoms with Crippen LogP contribution in [0.5, 0.6) is 0 Å². The summed E-state index contributed by atoms with van der Waals surface area (Å²) in [4.78, 5) is 113. The van der Waals surface area contributed by atoms with Gasteiger partial charge in [0, 0.05) is 18.8 Å². The molecule has 0 unspecified atom stereocenters. The van der Waals surface area contributed by atoms with E-state index >= 15 is 0 Å². The van der Waals surface area contributed by atoms with Crippen molar-refractivity contribution in [3.63, 3.8) is 0 Å². The van der Waals surface area contributed by atoms with Gasteiger partial charge in [-0.2, -0.15) is 24.4 Å². The summed E-state index contributed by atoms with van der Waals surface area (Å²) in [6.07, 6.45) is 4.26. The fourth-order valence-corrected chi connectivity index (χ4v) is 6.66. The second-order valence-corrected chi connectivity index (χ2v) is 16.5. The van der Waals surface area contributed by atoms with E-state index in [0.29, 0.717) is 44.4 Å². The number of hydrogen-bond acceptors (Lipinski definition) is 17.